The summed E-state index contributed by atoms with van der Waals surface area (Å²) in [5, 5.41) is 14.6. The maximum atomic E-state index is 10.2. The van der Waals surface area contributed by atoms with E-state index in [1.807, 2.05) is 0 Å². The van der Waals surface area contributed by atoms with Crippen LogP contribution in [0.25, 0.3) is 0 Å². The first-order chi connectivity index (χ1) is 7.50. The van der Waals surface area contributed by atoms with Crippen molar-refractivity contribution in [3.63, 3.8) is 0 Å². The first-order valence-corrected chi connectivity index (χ1v) is 6.67. The predicted molar refractivity (Wildman–Crippen MR) is 69.3 cm³/mol. The Morgan fingerprint density at radius 3 is 2.69 bits per heavy atom. The van der Waals surface area contributed by atoms with Crippen molar-refractivity contribution in [1.82, 2.24) is 9.78 Å². The summed E-state index contributed by atoms with van der Waals surface area (Å²) in [6, 6.07) is 1.78. The molecule has 0 aliphatic rings. The minimum atomic E-state index is -0.811. The highest BCUT2D eigenvalue weighted by Gasteiger charge is 2.21. The molecule has 1 N–H and O–H groups in total. The van der Waals surface area contributed by atoms with E-state index in [4.69, 9.17) is 23.2 Å². The van der Waals surface area contributed by atoms with Crippen LogP contribution >= 0.6 is 50.5 Å². The Morgan fingerprint density at radius 2 is 2.25 bits per heavy atom. The van der Waals surface area contributed by atoms with Gasteiger partial charge in [-0.2, -0.15) is 5.10 Å². The molecule has 1 unspecified atom stereocenters. The largest absolute Gasteiger partial charge is 0.381 e. The van der Waals surface area contributed by atoms with Crippen LogP contribution in [0.2, 0.25) is 9.36 Å². The lowest BCUT2D eigenvalue weighted by Crippen LogP contribution is -2.05. The van der Waals surface area contributed by atoms with E-state index in [-0.39, 0.29) is 0 Å². The second-order valence-electron chi connectivity index (χ2n) is 3.17. The summed E-state index contributed by atoms with van der Waals surface area (Å²) < 4.78 is 2.92. The number of halogens is 3. The zero-order valence-corrected chi connectivity index (χ0v) is 12.0. The minimum Gasteiger partial charge on any atom is -0.381 e. The van der Waals surface area contributed by atoms with E-state index in [0.717, 1.165) is 9.35 Å². The van der Waals surface area contributed by atoms with Crippen LogP contribution in [-0.4, -0.2) is 14.9 Å². The molecule has 7 heteroatoms. The molecular weight excluding hydrogens is 335 g/mol. The van der Waals surface area contributed by atoms with Crippen molar-refractivity contribution < 1.29 is 5.11 Å². The molecule has 2 aromatic rings. The highest BCUT2D eigenvalue weighted by molar-refractivity contribution is 9.10. The first kappa shape index (κ1) is 12.4. The molecule has 0 aliphatic carbocycles. The highest BCUT2D eigenvalue weighted by atomic mass is 79.9. The lowest BCUT2D eigenvalue weighted by Gasteiger charge is -2.09. The van der Waals surface area contributed by atoms with E-state index >= 15 is 0 Å². The van der Waals surface area contributed by atoms with Gasteiger partial charge in [-0.25, -0.2) is 0 Å². The van der Waals surface area contributed by atoms with E-state index in [0.29, 0.717) is 15.1 Å². The van der Waals surface area contributed by atoms with Crippen LogP contribution in [0.15, 0.2) is 16.7 Å². The first-order valence-electron chi connectivity index (χ1n) is 4.31. The summed E-state index contributed by atoms with van der Waals surface area (Å²) in [6.07, 6.45) is 0.693. The Morgan fingerprint density at radius 1 is 1.56 bits per heavy atom. The van der Waals surface area contributed by atoms with Crippen molar-refractivity contribution in [3.05, 3.63) is 36.7 Å². The molecule has 0 spiro atoms. The fourth-order valence-electron chi connectivity index (χ4n) is 1.36. The Bertz CT molecular complexity index is 487. The number of aliphatic hydroxyl groups is 1. The van der Waals surface area contributed by atoms with Gasteiger partial charge in [0.15, 0.2) is 0 Å². The quantitative estimate of drug-likeness (QED) is 0.905. The molecule has 0 saturated carbocycles. The molecule has 86 valence electrons. The summed E-state index contributed by atoms with van der Waals surface area (Å²) in [4.78, 5) is 0.724. The maximum Gasteiger partial charge on any atom is 0.131 e. The van der Waals surface area contributed by atoms with Crippen molar-refractivity contribution in [1.29, 1.82) is 0 Å². The lowest BCUT2D eigenvalue weighted by molar-refractivity contribution is 0.213. The van der Waals surface area contributed by atoms with Gasteiger partial charge in [0.25, 0.3) is 0 Å². The van der Waals surface area contributed by atoms with E-state index in [2.05, 4.69) is 21.0 Å². The molecule has 2 aromatic heterocycles. The Kier molecular flexibility index (Phi) is 3.61. The maximum absolute atomic E-state index is 10.2. The van der Waals surface area contributed by atoms with Gasteiger partial charge in [-0.05, 0) is 22.0 Å². The van der Waals surface area contributed by atoms with Gasteiger partial charge in [-0.3, -0.25) is 4.68 Å². The molecule has 16 heavy (non-hydrogen) atoms. The molecule has 3 nitrogen and oxygen atoms in total. The average molecular weight is 342 g/mol. The van der Waals surface area contributed by atoms with Crippen LogP contribution in [-0.2, 0) is 7.05 Å². The average Bonchev–Trinajstić information content (AvgIpc) is 2.72. The molecule has 0 amide bonds. The molecule has 1 atom stereocenters. The van der Waals surface area contributed by atoms with Gasteiger partial charge in [-0.15, -0.1) is 11.3 Å². The van der Waals surface area contributed by atoms with Crippen LogP contribution in [0.3, 0.4) is 0 Å². The van der Waals surface area contributed by atoms with Crippen LogP contribution in [0.5, 0.6) is 0 Å². The van der Waals surface area contributed by atoms with Crippen molar-refractivity contribution in [2.45, 2.75) is 6.10 Å². The van der Waals surface area contributed by atoms with Gasteiger partial charge >= 0.3 is 0 Å². The second-order valence-corrected chi connectivity index (χ2v) is 6.12. The Labute approximate surface area is 115 Å². The standard InChI is InChI=1S/C9H7BrCl2N2OS/c1-14-7(5(11)3-13-14)8(15)6-2-4(10)9(12)16-6/h2-3,8,15H,1H3. The van der Waals surface area contributed by atoms with Gasteiger partial charge in [-0.1, -0.05) is 23.2 Å². The zero-order valence-electron chi connectivity index (χ0n) is 8.12. The second kappa shape index (κ2) is 4.66. The number of rotatable bonds is 2. The Hall–Kier alpha value is -0.0700. The lowest BCUT2D eigenvalue weighted by atomic mass is 10.2. The highest BCUT2D eigenvalue weighted by Crippen LogP contribution is 2.38. The molecule has 2 heterocycles. The van der Waals surface area contributed by atoms with E-state index < -0.39 is 6.10 Å². The van der Waals surface area contributed by atoms with Crippen molar-refractivity contribution >= 4 is 50.5 Å². The minimum absolute atomic E-state index is 0.440. The van der Waals surface area contributed by atoms with E-state index in [1.165, 1.54) is 17.5 Å². The van der Waals surface area contributed by atoms with Gasteiger partial charge < -0.3 is 5.11 Å². The van der Waals surface area contributed by atoms with Gasteiger partial charge in [0.2, 0.25) is 0 Å². The summed E-state index contributed by atoms with van der Waals surface area (Å²) in [7, 11) is 1.73. The number of hydrogen-bond donors (Lipinski definition) is 1. The number of aryl methyl sites for hydroxylation is 1. The van der Waals surface area contributed by atoms with Crippen LogP contribution in [0.1, 0.15) is 16.7 Å². The number of nitrogens with zero attached hydrogens (tertiary/aromatic N) is 2. The van der Waals surface area contributed by atoms with Crippen LogP contribution < -0.4 is 0 Å². The number of thiophene rings is 1. The third kappa shape index (κ3) is 2.15. The van der Waals surface area contributed by atoms with Crippen molar-refractivity contribution in [2.24, 2.45) is 7.05 Å². The third-order valence-electron chi connectivity index (χ3n) is 2.13. The molecule has 0 radical (unpaired) electrons. The molecule has 0 aliphatic heterocycles. The van der Waals surface area contributed by atoms with Crippen LogP contribution in [0, 0.1) is 0 Å². The SMILES string of the molecule is Cn1ncc(Cl)c1C(O)c1cc(Br)c(Cl)s1. The number of aromatic nitrogens is 2. The summed E-state index contributed by atoms with van der Waals surface area (Å²) >= 11 is 16.5. The molecular formula is C9H7BrCl2N2OS. The smallest absolute Gasteiger partial charge is 0.131 e. The number of aliphatic hydroxyl groups excluding tert-OH is 1. The van der Waals surface area contributed by atoms with E-state index in [9.17, 15) is 5.11 Å². The van der Waals surface area contributed by atoms with Gasteiger partial charge in [0.1, 0.15) is 10.4 Å². The molecule has 0 bridgehead atoms. The molecule has 0 aromatic carbocycles. The molecule has 0 fully saturated rings. The topological polar surface area (TPSA) is 38.0 Å². The van der Waals surface area contributed by atoms with Gasteiger partial charge in [0.05, 0.1) is 16.9 Å². The van der Waals surface area contributed by atoms with Crippen molar-refractivity contribution in [2.75, 3.05) is 0 Å². The number of hydrogen-bond acceptors (Lipinski definition) is 3. The zero-order chi connectivity index (χ0) is 11.9. The van der Waals surface area contributed by atoms with Gasteiger partial charge in [0, 0.05) is 16.4 Å². The molecule has 2 rings (SSSR count). The summed E-state index contributed by atoms with van der Waals surface area (Å²) in [5.41, 5.74) is 0.562. The predicted octanol–water partition coefficient (Wildman–Crippen LogP) is 3.63. The van der Waals surface area contributed by atoms with Crippen LogP contribution in [0.4, 0.5) is 0 Å². The summed E-state index contributed by atoms with van der Waals surface area (Å²) in [6.45, 7) is 0. The summed E-state index contributed by atoms with van der Waals surface area (Å²) in [5.74, 6) is 0. The monoisotopic (exact) mass is 340 g/mol. The normalized spacial score (nSPS) is 13.1. The fraction of sp³-hybridized carbons (Fsp3) is 0.222. The third-order valence-corrected chi connectivity index (χ3v) is 4.95. The fourth-order valence-corrected chi connectivity index (χ4v) is 3.36. The van der Waals surface area contributed by atoms with Crippen molar-refractivity contribution in [3.8, 4) is 0 Å². The Balaban J connectivity index is 2.42. The van der Waals surface area contributed by atoms with E-state index in [1.54, 1.807) is 17.8 Å². The molecule has 0 saturated heterocycles.